The van der Waals surface area contributed by atoms with Crippen LogP contribution in [0.1, 0.15) is 27.2 Å². The largest absolute Gasteiger partial charge is 0.390 e. The van der Waals surface area contributed by atoms with Gasteiger partial charge in [0, 0.05) is 17.4 Å². The minimum atomic E-state index is -4.40. The first kappa shape index (κ1) is 15.9. The Hall–Kier alpha value is -1.18. The summed E-state index contributed by atoms with van der Waals surface area (Å²) >= 11 is 1.27. The molecule has 1 aromatic heterocycles. The lowest BCUT2D eigenvalue weighted by Gasteiger charge is -2.17. The second kappa shape index (κ2) is 5.44. The maximum Gasteiger partial charge on any atom is 0.390 e. The summed E-state index contributed by atoms with van der Waals surface area (Å²) in [5.41, 5.74) is -1.54. The topological polar surface area (TPSA) is 54.9 Å². The van der Waals surface area contributed by atoms with E-state index in [1.54, 1.807) is 0 Å². The van der Waals surface area contributed by atoms with E-state index in [0.29, 0.717) is 9.59 Å². The van der Waals surface area contributed by atoms with Crippen molar-refractivity contribution in [2.45, 2.75) is 49.7 Å². The molecule has 0 aromatic carbocycles. The lowest BCUT2D eigenvalue weighted by Crippen LogP contribution is -2.36. The Kier molecular flexibility index (Phi) is 4.54. The van der Waals surface area contributed by atoms with Crippen molar-refractivity contribution in [2.75, 3.05) is 0 Å². The summed E-state index contributed by atoms with van der Waals surface area (Å²) in [6.07, 6.45) is -5.60. The zero-order chi connectivity index (χ0) is 14.8. The van der Waals surface area contributed by atoms with Crippen molar-refractivity contribution in [3.8, 4) is 0 Å². The summed E-state index contributed by atoms with van der Waals surface area (Å²) in [7, 11) is 0. The Morgan fingerprint density at radius 3 is 2.26 bits per heavy atom. The van der Waals surface area contributed by atoms with E-state index in [2.05, 4.69) is 4.98 Å². The van der Waals surface area contributed by atoms with E-state index in [0.717, 1.165) is 6.07 Å². The maximum atomic E-state index is 12.1. The van der Waals surface area contributed by atoms with Crippen LogP contribution >= 0.6 is 11.8 Å². The molecule has 0 saturated heterocycles. The van der Waals surface area contributed by atoms with E-state index < -0.39 is 30.4 Å². The van der Waals surface area contributed by atoms with Gasteiger partial charge in [-0.3, -0.25) is 9.36 Å². The average molecular weight is 296 g/mol. The summed E-state index contributed by atoms with van der Waals surface area (Å²) in [5, 5.41) is 0.353. The second-order valence-corrected chi connectivity index (χ2v) is 6.88. The Morgan fingerprint density at radius 2 is 1.84 bits per heavy atom. The molecule has 0 radical (unpaired) electrons. The Morgan fingerprint density at radius 1 is 1.26 bits per heavy atom. The van der Waals surface area contributed by atoms with E-state index in [1.165, 1.54) is 11.8 Å². The van der Waals surface area contributed by atoms with Gasteiger partial charge in [0.15, 0.2) is 0 Å². The zero-order valence-corrected chi connectivity index (χ0v) is 11.6. The van der Waals surface area contributed by atoms with Gasteiger partial charge < -0.3 is 4.98 Å². The summed E-state index contributed by atoms with van der Waals surface area (Å²) in [4.78, 5) is 25.6. The number of H-pyrrole nitrogens is 1. The maximum absolute atomic E-state index is 12.1. The fourth-order valence-corrected chi connectivity index (χ4v) is 2.29. The van der Waals surface area contributed by atoms with Gasteiger partial charge in [0.25, 0.3) is 5.56 Å². The zero-order valence-electron chi connectivity index (χ0n) is 10.8. The number of thioether (sulfide) groups is 1. The van der Waals surface area contributed by atoms with Crippen molar-refractivity contribution in [3.63, 3.8) is 0 Å². The number of hydrogen-bond donors (Lipinski definition) is 1. The molecule has 1 rings (SSSR count). The molecule has 4 nitrogen and oxygen atoms in total. The minimum absolute atomic E-state index is 0.215. The number of hydrogen-bond acceptors (Lipinski definition) is 3. The highest BCUT2D eigenvalue weighted by atomic mass is 32.2. The van der Waals surface area contributed by atoms with Gasteiger partial charge in [-0.05, 0) is 0 Å². The normalized spacial score (nSPS) is 12.7. The highest BCUT2D eigenvalue weighted by Gasteiger charge is 2.27. The molecule has 0 bridgehead atoms. The number of halogens is 3. The van der Waals surface area contributed by atoms with Gasteiger partial charge in [-0.1, -0.05) is 20.8 Å². The van der Waals surface area contributed by atoms with Crippen molar-refractivity contribution >= 4 is 11.8 Å². The van der Waals surface area contributed by atoms with Crippen LogP contribution in [0.3, 0.4) is 0 Å². The molecular weight excluding hydrogens is 281 g/mol. The standard InChI is InChI=1S/C11H15F3N2O2S/c1-10(2,3)19-7-6-8(17)16(9(18)15-7)5-4-11(12,13)14/h6H,4-5H2,1-3H3,(H,15,18). The molecule has 1 heterocycles. The van der Waals surface area contributed by atoms with Gasteiger partial charge in [0.05, 0.1) is 11.4 Å². The summed E-state index contributed by atoms with van der Waals surface area (Å²) in [6.45, 7) is 5.01. The smallest absolute Gasteiger partial charge is 0.302 e. The van der Waals surface area contributed by atoms with Gasteiger partial charge in [0.2, 0.25) is 0 Å². The highest BCUT2D eigenvalue weighted by molar-refractivity contribution is 8.00. The molecule has 0 aliphatic heterocycles. The third-order valence-corrected chi connectivity index (χ3v) is 3.08. The van der Waals surface area contributed by atoms with E-state index in [1.807, 2.05) is 20.8 Å². The highest BCUT2D eigenvalue weighted by Crippen LogP contribution is 2.28. The van der Waals surface area contributed by atoms with Crippen LogP contribution in [0.5, 0.6) is 0 Å². The van der Waals surface area contributed by atoms with E-state index in [9.17, 15) is 22.8 Å². The minimum Gasteiger partial charge on any atom is -0.302 e. The van der Waals surface area contributed by atoms with Gasteiger partial charge >= 0.3 is 11.9 Å². The third kappa shape index (κ3) is 5.54. The van der Waals surface area contributed by atoms with E-state index in [-0.39, 0.29) is 4.75 Å². The monoisotopic (exact) mass is 296 g/mol. The first-order valence-electron chi connectivity index (χ1n) is 5.58. The van der Waals surface area contributed by atoms with Crippen LogP contribution in [0.4, 0.5) is 13.2 Å². The summed E-state index contributed by atoms with van der Waals surface area (Å²) < 4.78 is 36.6. The van der Waals surface area contributed by atoms with Crippen molar-refractivity contribution in [2.24, 2.45) is 0 Å². The van der Waals surface area contributed by atoms with Gasteiger partial charge in [-0.2, -0.15) is 13.2 Å². The summed E-state index contributed by atoms with van der Waals surface area (Å²) in [5.74, 6) is 0. The van der Waals surface area contributed by atoms with Crippen molar-refractivity contribution in [1.82, 2.24) is 9.55 Å². The van der Waals surface area contributed by atoms with Crippen LogP contribution in [0.15, 0.2) is 20.7 Å². The fraction of sp³-hybridized carbons (Fsp3) is 0.636. The predicted octanol–water partition coefficient (Wildman–Crippen LogP) is 2.38. The molecule has 8 heteroatoms. The van der Waals surface area contributed by atoms with Crippen LogP contribution in [0.2, 0.25) is 0 Å². The lowest BCUT2D eigenvalue weighted by atomic mass is 10.3. The average Bonchev–Trinajstić information content (AvgIpc) is 2.10. The Labute approximate surface area is 112 Å². The first-order valence-corrected chi connectivity index (χ1v) is 6.39. The SMILES string of the molecule is CC(C)(C)Sc1cc(=O)n(CCC(F)(F)F)c(=O)[nH]1. The Balaban J connectivity index is 2.99. The molecule has 0 atom stereocenters. The molecule has 1 N–H and O–H groups in total. The molecular formula is C11H15F3N2O2S. The van der Waals surface area contributed by atoms with Crippen LogP contribution in [0.25, 0.3) is 0 Å². The number of nitrogens with zero attached hydrogens (tertiary/aromatic N) is 1. The lowest BCUT2D eigenvalue weighted by molar-refractivity contribution is -0.137. The second-order valence-electron chi connectivity index (χ2n) is 5.01. The molecule has 1 aromatic rings. The Bertz CT molecular complexity index is 524. The van der Waals surface area contributed by atoms with Crippen LogP contribution in [-0.4, -0.2) is 20.5 Å². The predicted molar refractivity (Wildman–Crippen MR) is 67.6 cm³/mol. The molecule has 0 amide bonds. The number of aromatic nitrogens is 2. The van der Waals surface area contributed by atoms with Crippen LogP contribution in [-0.2, 0) is 6.54 Å². The number of nitrogens with one attached hydrogen (secondary N) is 1. The van der Waals surface area contributed by atoms with Crippen LogP contribution < -0.4 is 11.2 Å². The van der Waals surface area contributed by atoms with Crippen molar-refractivity contribution < 1.29 is 13.2 Å². The van der Waals surface area contributed by atoms with Crippen LogP contribution in [0, 0.1) is 0 Å². The molecule has 19 heavy (non-hydrogen) atoms. The van der Waals surface area contributed by atoms with Crippen molar-refractivity contribution in [1.29, 1.82) is 0 Å². The van der Waals surface area contributed by atoms with E-state index in [4.69, 9.17) is 0 Å². The number of alkyl halides is 3. The molecule has 0 aliphatic carbocycles. The molecule has 0 saturated carbocycles. The van der Waals surface area contributed by atoms with Gasteiger partial charge in [-0.15, -0.1) is 11.8 Å². The van der Waals surface area contributed by atoms with Gasteiger partial charge in [0.1, 0.15) is 0 Å². The molecule has 0 aliphatic rings. The molecule has 0 spiro atoms. The molecule has 0 unspecified atom stereocenters. The molecule has 108 valence electrons. The summed E-state index contributed by atoms with van der Waals surface area (Å²) in [6, 6.07) is 1.15. The van der Waals surface area contributed by atoms with Crippen molar-refractivity contribution in [3.05, 3.63) is 26.9 Å². The fourth-order valence-electron chi connectivity index (χ4n) is 1.33. The quantitative estimate of drug-likeness (QED) is 0.688. The third-order valence-electron chi connectivity index (χ3n) is 2.03. The number of rotatable bonds is 3. The number of aromatic amines is 1. The first-order chi connectivity index (χ1) is 8.48. The molecule has 0 fully saturated rings. The van der Waals surface area contributed by atoms with Gasteiger partial charge in [-0.25, -0.2) is 4.79 Å². The van der Waals surface area contributed by atoms with E-state index >= 15 is 0 Å².